The fraction of sp³-hybridized carbons (Fsp3) is 0.526. The van der Waals surface area contributed by atoms with Crippen LogP contribution in [-0.4, -0.2) is 58.4 Å². The third kappa shape index (κ3) is 3.00. The van der Waals surface area contributed by atoms with Gasteiger partial charge in [-0.05, 0) is 25.0 Å². The van der Waals surface area contributed by atoms with Crippen LogP contribution in [0.3, 0.4) is 0 Å². The third-order valence-corrected chi connectivity index (χ3v) is 5.59. The van der Waals surface area contributed by atoms with Crippen LogP contribution >= 0.6 is 0 Å². The van der Waals surface area contributed by atoms with Gasteiger partial charge in [-0.1, -0.05) is 31.4 Å². The summed E-state index contributed by atoms with van der Waals surface area (Å²) >= 11 is 0. The van der Waals surface area contributed by atoms with Gasteiger partial charge in [-0.3, -0.25) is 13.8 Å². The second kappa shape index (κ2) is 7.59. The van der Waals surface area contributed by atoms with E-state index in [1.807, 2.05) is 0 Å². The van der Waals surface area contributed by atoms with Crippen LogP contribution in [0.5, 0.6) is 0 Å². The summed E-state index contributed by atoms with van der Waals surface area (Å²) in [6, 6.07) is 6.97. The fourth-order valence-corrected chi connectivity index (χ4v) is 4.08. The van der Waals surface area contributed by atoms with Crippen molar-refractivity contribution in [2.24, 2.45) is 0 Å². The van der Waals surface area contributed by atoms with Crippen LogP contribution in [0.2, 0.25) is 0 Å². The maximum absolute atomic E-state index is 13.2. The monoisotopic (exact) mass is 388 g/mol. The molecule has 1 fully saturated rings. The molecule has 150 valence electrons. The summed E-state index contributed by atoms with van der Waals surface area (Å²) in [5.41, 5.74) is 0.360. The van der Waals surface area contributed by atoms with Crippen LogP contribution in [0.15, 0.2) is 29.1 Å². The molecule has 2 aromatic heterocycles. The highest BCUT2D eigenvalue weighted by atomic mass is 16.4. The summed E-state index contributed by atoms with van der Waals surface area (Å²) in [5.74, 6) is 0.311. The largest absolute Gasteiger partial charge is 0.394 e. The Labute approximate surface area is 160 Å². The van der Waals surface area contributed by atoms with Gasteiger partial charge in [0, 0.05) is 6.04 Å². The molecule has 1 saturated carbocycles. The second-order valence-corrected chi connectivity index (χ2v) is 7.36. The maximum atomic E-state index is 13.2. The number of hydrogen-bond donors (Lipinski definition) is 4. The molecule has 0 aliphatic heterocycles. The average molecular weight is 388 g/mol. The van der Waals surface area contributed by atoms with Gasteiger partial charge < -0.3 is 20.4 Å². The number of para-hydroxylation sites is 1. The van der Waals surface area contributed by atoms with E-state index in [1.165, 1.54) is 0 Å². The fourth-order valence-electron chi connectivity index (χ4n) is 4.08. The van der Waals surface area contributed by atoms with Crippen LogP contribution in [0.4, 0.5) is 0 Å². The van der Waals surface area contributed by atoms with Crippen LogP contribution < -0.4 is 5.56 Å². The number of hydrogen-bond acceptors (Lipinski definition) is 7. The molecule has 0 amide bonds. The van der Waals surface area contributed by atoms with Crippen molar-refractivity contribution in [3.8, 4) is 0 Å². The quantitative estimate of drug-likeness (QED) is 0.494. The molecule has 0 saturated heterocycles. The van der Waals surface area contributed by atoms with Crippen molar-refractivity contribution < 1.29 is 20.4 Å². The topological polar surface area (TPSA) is 133 Å². The van der Waals surface area contributed by atoms with Crippen LogP contribution in [0, 0.1) is 0 Å². The third-order valence-electron chi connectivity index (χ3n) is 5.59. The number of rotatable bonds is 5. The summed E-state index contributed by atoms with van der Waals surface area (Å²) in [4.78, 5) is 13.2. The van der Waals surface area contributed by atoms with E-state index >= 15 is 0 Å². The first-order valence-corrected chi connectivity index (χ1v) is 9.58. The van der Waals surface area contributed by atoms with E-state index in [0.29, 0.717) is 16.7 Å². The average Bonchev–Trinajstić information content (AvgIpc) is 3.18. The van der Waals surface area contributed by atoms with Gasteiger partial charge in [0.25, 0.3) is 5.56 Å². The van der Waals surface area contributed by atoms with Gasteiger partial charge in [-0.2, -0.15) is 0 Å². The molecule has 1 aliphatic carbocycles. The highest BCUT2D eigenvalue weighted by molar-refractivity contribution is 5.80. The van der Waals surface area contributed by atoms with Gasteiger partial charge in [0.2, 0.25) is 5.78 Å². The number of aliphatic hydroxyl groups is 4. The molecule has 0 spiro atoms. The van der Waals surface area contributed by atoms with E-state index in [-0.39, 0.29) is 17.4 Å². The zero-order chi connectivity index (χ0) is 19.8. The van der Waals surface area contributed by atoms with Gasteiger partial charge >= 0.3 is 0 Å². The molecule has 3 atom stereocenters. The van der Waals surface area contributed by atoms with Gasteiger partial charge in [0.1, 0.15) is 18.3 Å². The summed E-state index contributed by atoms with van der Waals surface area (Å²) in [6.07, 6.45) is 0.163. The molecule has 3 aromatic rings. The van der Waals surface area contributed by atoms with Crippen molar-refractivity contribution in [3.63, 3.8) is 0 Å². The lowest BCUT2D eigenvalue weighted by atomic mass is 9.95. The second-order valence-electron chi connectivity index (χ2n) is 7.36. The molecule has 28 heavy (non-hydrogen) atoms. The lowest BCUT2D eigenvalue weighted by molar-refractivity contribution is -0.0805. The number of aromatic nitrogens is 4. The molecule has 2 heterocycles. The minimum atomic E-state index is -1.65. The Morgan fingerprint density at radius 2 is 1.79 bits per heavy atom. The molecule has 9 heteroatoms. The number of aliphatic hydroxyl groups excluding tert-OH is 4. The highest BCUT2D eigenvalue weighted by Crippen LogP contribution is 2.30. The number of fused-ring (bicyclic) bond motifs is 3. The highest BCUT2D eigenvalue weighted by Gasteiger charge is 2.31. The smallest absolute Gasteiger partial charge is 0.263 e. The molecule has 4 N–H and O–H groups in total. The van der Waals surface area contributed by atoms with E-state index in [9.17, 15) is 20.1 Å². The Bertz CT molecular complexity index is 1040. The first-order chi connectivity index (χ1) is 13.5. The Balaban J connectivity index is 1.97. The lowest BCUT2D eigenvalue weighted by Gasteiger charge is -2.25. The van der Waals surface area contributed by atoms with E-state index in [4.69, 9.17) is 5.11 Å². The Morgan fingerprint density at radius 1 is 1.07 bits per heavy atom. The summed E-state index contributed by atoms with van der Waals surface area (Å²) in [5, 5.41) is 48.2. The molecule has 1 aromatic carbocycles. The molecule has 1 aliphatic rings. The van der Waals surface area contributed by atoms with Crippen molar-refractivity contribution in [1.82, 2.24) is 19.2 Å². The molecule has 0 radical (unpaired) electrons. The standard InChI is InChI=1S/C19H24N4O5/c24-10-14(25)15(26)16(27)17-20-21-19-22(11-6-2-1-3-7-11)18(28)12-8-4-5-9-13(12)23(17)19/h4-5,8-9,11,14-16,24-27H,1-3,6-7,10H2/t14-,15-,16+/m1/s1. The number of nitrogens with zero attached hydrogens (tertiary/aromatic N) is 4. The SMILES string of the molecule is O=c1c2ccccc2n2c([C@@H](O)[C@H](O)[C@H](O)CO)nnc2n1C1CCCCC1. The van der Waals surface area contributed by atoms with Crippen LogP contribution in [-0.2, 0) is 0 Å². The van der Waals surface area contributed by atoms with Crippen molar-refractivity contribution in [2.45, 2.75) is 56.5 Å². The Kier molecular flexibility index (Phi) is 5.15. The minimum Gasteiger partial charge on any atom is -0.394 e. The predicted molar refractivity (Wildman–Crippen MR) is 101 cm³/mol. The first-order valence-electron chi connectivity index (χ1n) is 9.58. The van der Waals surface area contributed by atoms with Crippen molar-refractivity contribution >= 4 is 16.7 Å². The van der Waals surface area contributed by atoms with E-state index in [2.05, 4.69) is 10.2 Å². The van der Waals surface area contributed by atoms with Gasteiger partial charge in [0.05, 0.1) is 17.5 Å². The van der Waals surface area contributed by atoms with Crippen molar-refractivity contribution in [1.29, 1.82) is 0 Å². The predicted octanol–water partition coefficient (Wildman–Crippen LogP) is 0.297. The Hall–Kier alpha value is -2.33. The van der Waals surface area contributed by atoms with Crippen LogP contribution in [0.25, 0.3) is 16.7 Å². The van der Waals surface area contributed by atoms with Gasteiger partial charge in [0.15, 0.2) is 5.82 Å². The molecule has 4 rings (SSSR count). The van der Waals surface area contributed by atoms with E-state index in [1.54, 1.807) is 33.2 Å². The molecular formula is C19H24N4O5. The molecule has 9 nitrogen and oxygen atoms in total. The first kappa shape index (κ1) is 19.0. The van der Waals surface area contributed by atoms with E-state index in [0.717, 1.165) is 32.1 Å². The summed E-state index contributed by atoms with van der Waals surface area (Å²) < 4.78 is 3.20. The summed E-state index contributed by atoms with van der Waals surface area (Å²) in [7, 11) is 0. The molecular weight excluding hydrogens is 364 g/mol. The number of benzene rings is 1. The van der Waals surface area contributed by atoms with Gasteiger partial charge in [-0.25, -0.2) is 0 Å². The van der Waals surface area contributed by atoms with Crippen LogP contribution in [0.1, 0.15) is 50.1 Å². The summed E-state index contributed by atoms with van der Waals surface area (Å²) in [6.45, 7) is -0.706. The normalized spacial score (nSPS) is 19.1. The van der Waals surface area contributed by atoms with Crippen molar-refractivity contribution in [3.05, 3.63) is 40.4 Å². The van der Waals surface area contributed by atoms with Crippen molar-refractivity contribution in [2.75, 3.05) is 6.61 Å². The lowest BCUT2D eigenvalue weighted by Crippen LogP contribution is -2.36. The molecule has 0 unspecified atom stereocenters. The van der Waals surface area contributed by atoms with Gasteiger partial charge in [-0.15, -0.1) is 10.2 Å². The Morgan fingerprint density at radius 3 is 2.50 bits per heavy atom. The zero-order valence-electron chi connectivity index (χ0n) is 15.3. The minimum absolute atomic E-state index is 0.00416. The zero-order valence-corrected chi connectivity index (χ0v) is 15.3. The molecule has 0 bridgehead atoms. The maximum Gasteiger partial charge on any atom is 0.263 e. The van der Waals surface area contributed by atoms with E-state index < -0.39 is 24.9 Å².